The molecule has 3 rings (SSSR count). The summed E-state index contributed by atoms with van der Waals surface area (Å²) in [4.78, 5) is 12.8. The number of nitrogens with two attached hydrogens (primary N) is 1. The van der Waals surface area contributed by atoms with E-state index in [-0.39, 0.29) is 16.3 Å². The van der Waals surface area contributed by atoms with Gasteiger partial charge in [0.25, 0.3) is 5.91 Å². The molecule has 2 heterocycles. The fourth-order valence-corrected chi connectivity index (χ4v) is 3.98. The maximum Gasteiger partial charge on any atom is 0.435 e. The Bertz CT molecular complexity index is 1100. The molecule has 0 saturated heterocycles. The number of rotatable bonds is 5. The molecule has 0 aliphatic carbocycles. The van der Waals surface area contributed by atoms with Gasteiger partial charge in [0.1, 0.15) is 4.21 Å². The standard InChI is InChI=1S/C16H13F3N4O3S2/c17-16(18,19)13-7-8-23(22-13)11-3-1-10(2-4-11)15(24)21-9-12-5-6-14(27-12)28(20,25)26/h1-8H,9H2,(H,21,24)(H2,20,25,26). The summed E-state index contributed by atoms with van der Waals surface area (Å²) in [7, 11) is -3.78. The normalized spacial score (nSPS) is 12.1. The minimum Gasteiger partial charge on any atom is -0.347 e. The first-order valence-corrected chi connectivity index (χ1v) is 10.0. The van der Waals surface area contributed by atoms with Crippen LogP contribution in [0.3, 0.4) is 0 Å². The number of carbonyl (C=O) groups is 1. The van der Waals surface area contributed by atoms with Gasteiger partial charge < -0.3 is 5.32 Å². The zero-order valence-corrected chi connectivity index (χ0v) is 15.6. The summed E-state index contributed by atoms with van der Waals surface area (Å²) in [5, 5.41) is 11.1. The van der Waals surface area contributed by atoms with E-state index < -0.39 is 27.8 Å². The Balaban J connectivity index is 1.65. The van der Waals surface area contributed by atoms with Crippen molar-refractivity contribution in [2.24, 2.45) is 5.14 Å². The Morgan fingerprint density at radius 3 is 2.36 bits per heavy atom. The highest BCUT2D eigenvalue weighted by molar-refractivity contribution is 7.91. The molecule has 3 N–H and O–H groups in total. The van der Waals surface area contributed by atoms with Gasteiger partial charge in [-0.05, 0) is 42.5 Å². The number of halogens is 3. The third kappa shape index (κ3) is 4.58. The van der Waals surface area contributed by atoms with Crippen molar-refractivity contribution in [3.8, 4) is 5.69 Å². The molecule has 0 aliphatic heterocycles. The second-order valence-electron chi connectivity index (χ2n) is 5.64. The molecule has 148 valence electrons. The molecule has 0 unspecified atom stereocenters. The minimum absolute atomic E-state index is 0.00134. The van der Waals surface area contributed by atoms with E-state index in [0.29, 0.717) is 10.6 Å². The van der Waals surface area contributed by atoms with Crippen LogP contribution in [-0.2, 0) is 22.7 Å². The lowest BCUT2D eigenvalue weighted by molar-refractivity contribution is -0.141. The average Bonchev–Trinajstić information content (AvgIpc) is 3.28. The van der Waals surface area contributed by atoms with Crippen molar-refractivity contribution in [2.45, 2.75) is 16.9 Å². The number of hydrogen-bond acceptors (Lipinski definition) is 5. The van der Waals surface area contributed by atoms with Gasteiger partial charge >= 0.3 is 6.18 Å². The molecular weight excluding hydrogens is 417 g/mol. The molecule has 0 bridgehead atoms. The van der Waals surface area contributed by atoms with E-state index in [4.69, 9.17) is 5.14 Å². The fraction of sp³-hybridized carbons (Fsp3) is 0.125. The molecule has 12 heteroatoms. The van der Waals surface area contributed by atoms with Crippen LogP contribution in [0.15, 0.2) is 52.9 Å². The van der Waals surface area contributed by atoms with Gasteiger partial charge in [-0.15, -0.1) is 11.3 Å². The van der Waals surface area contributed by atoms with Gasteiger partial charge in [-0.2, -0.15) is 18.3 Å². The van der Waals surface area contributed by atoms with Gasteiger partial charge in [0, 0.05) is 16.6 Å². The molecule has 0 fully saturated rings. The monoisotopic (exact) mass is 430 g/mol. The Kier molecular flexibility index (Phi) is 5.28. The van der Waals surface area contributed by atoms with Crippen molar-refractivity contribution >= 4 is 27.3 Å². The van der Waals surface area contributed by atoms with Crippen LogP contribution >= 0.6 is 11.3 Å². The summed E-state index contributed by atoms with van der Waals surface area (Å²) < 4.78 is 61.4. The van der Waals surface area contributed by atoms with E-state index in [9.17, 15) is 26.4 Å². The second kappa shape index (κ2) is 7.37. The Hall–Kier alpha value is -2.70. The van der Waals surface area contributed by atoms with Crippen molar-refractivity contribution in [1.29, 1.82) is 0 Å². The van der Waals surface area contributed by atoms with Gasteiger partial charge in [-0.25, -0.2) is 18.2 Å². The number of nitrogens with one attached hydrogen (secondary N) is 1. The zero-order chi connectivity index (χ0) is 20.5. The number of thiophene rings is 1. The highest BCUT2D eigenvalue weighted by Gasteiger charge is 2.33. The number of amides is 1. The van der Waals surface area contributed by atoms with E-state index in [1.165, 1.54) is 36.5 Å². The van der Waals surface area contributed by atoms with Crippen LogP contribution in [-0.4, -0.2) is 24.1 Å². The number of alkyl halides is 3. The number of aromatic nitrogens is 2. The third-order valence-corrected chi connectivity index (χ3v) is 6.14. The molecule has 0 radical (unpaired) electrons. The quantitative estimate of drug-likeness (QED) is 0.649. The number of carbonyl (C=O) groups excluding carboxylic acids is 1. The van der Waals surface area contributed by atoms with Crippen LogP contribution in [0.2, 0.25) is 0 Å². The second-order valence-corrected chi connectivity index (χ2v) is 8.60. The number of hydrogen-bond donors (Lipinski definition) is 2. The molecule has 3 aromatic rings. The maximum atomic E-state index is 12.6. The summed E-state index contributed by atoms with van der Waals surface area (Å²) in [6, 6.07) is 9.59. The van der Waals surface area contributed by atoms with E-state index >= 15 is 0 Å². The van der Waals surface area contributed by atoms with Gasteiger partial charge in [-0.1, -0.05) is 0 Å². The summed E-state index contributed by atoms with van der Waals surface area (Å²) in [6.07, 6.45) is -3.35. The molecule has 0 aliphatic rings. The smallest absolute Gasteiger partial charge is 0.347 e. The van der Waals surface area contributed by atoms with Crippen molar-refractivity contribution in [2.75, 3.05) is 0 Å². The molecule has 0 atom stereocenters. The van der Waals surface area contributed by atoms with Crippen LogP contribution in [0.25, 0.3) is 5.69 Å². The lowest BCUT2D eigenvalue weighted by Crippen LogP contribution is -2.22. The van der Waals surface area contributed by atoms with E-state index in [0.717, 1.165) is 22.1 Å². The first-order chi connectivity index (χ1) is 13.0. The zero-order valence-electron chi connectivity index (χ0n) is 14.0. The Labute approximate surface area is 161 Å². The van der Waals surface area contributed by atoms with Crippen LogP contribution in [0.4, 0.5) is 13.2 Å². The average molecular weight is 430 g/mol. The van der Waals surface area contributed by atoms with Crippen molar-refractivity contribution < 1.29 is 26.4 Å². The highest BCUT2D eigenvalue weighted by Crippen LogP contribution is 2.28. The Morgan fingerprint density at radius 2 is 1.82 bits per heavy atom. The first kappa shape index (κ1) is 20.0. The molecule has 1 aromatic carbocycles. The third-order valence-electron chi connectivity index (χ3n) is 3.61. The van der Waals surface area contributed by atoms with E-state index in [2.05, 4.69) is 10.4 Å². The van der Waals surface area contributed by atoms with Crippen LogP contribution in [0.1, 0.15) is 20.9 Å². The Morgan fingerprint density at radius 1 is 1.14 bits per heavy atom. The van der Waals surface area contributed by atoms with Crippen LogP contribution in [0.5, 0.6) is 0 Å². The molecule has 0 saturated carbocycles. The summed E-state index contributed by atoms with van der Waals surface area (Å²) in [5.41, 5.74) is -0.359. The number of sulfonamides is 1. The van der Waals surface area contributed by atoms with Gasteiger partial charge in [0.05, 0.1) is 12.2 Å². The molecule has 0 spiro atoms. The summed E-state index contributed by atoms with van der Waals surface area (Å²) in [6.45, 7) is 0.106. The number of benzene rings is 1. The van der Waals surface area contributed by atoms with E-state index in [1.54, 1.807) is 6.07 Å². The van der Waals surface area contributed by atoms with Crippen molar-refractivity contribution in [1.82, 2.24) is 15.1 Å². The molecule has 7 nitrogen and oxygen atoms in total. The first-order valence-electron chi connectivity index (χ1n) is 7.67. The van der Waals surface area contributed by atoms with Crippen LogP contribution < -0.4 is 10.5 Å². The SMILES string of the molecule is NS(=O)(=O)c1ccc(CNC(=O)c2ccc(-n3ccc(C(F)(F)F)n3)cc2)s1. The molecule has 28 heavy (non-hydrogen) atoms. The maximum absolute atomic E-state index is 12.6. The van der Waals surface area contributed by atoms with Crippen LogP contribution in [0, 0.1) is 0 Å². The highest BCUT2D eigenvalue weighted by atomic mass is 32.2. The number of primary sulfonamides is 1. The van der Waals surface area contributed by atoms with Crippen molar-refractivity contribution in [3.05, 3.63) is 64.8 Å². The minimum atomic E-state index is -4.53. The topological polar surface area (TPSA) is 107 Å². The van der Waals surface area contributed by atoms with Gasteiger partial charge in [0.15, 0.2) is 5.69 Å². The van der Waals surface area contributed by atoms with Gasteiger partial charge in [-0.3, -0.25) is 4.79 Å². The largest absolute Gasteiger partial charge is 0.435 e. The predicted octanol–water partition coefficient (Wildman–Crippen LogP) is 2.53. The molecule has 2 aromatic heterocycles. The van der Waals surface area contributed by atoms with E-state index in [1.807, 2.05) is 0 Å². The lowest BCUT2D eigenvalue weighted by Gasteiger charge is -2.06. The number of nitrogens with zero attached hydrogens (tertiary/aromatic N) is 2. The lowest BCUT2D eigenvalue weighted by atomic mass is 10.2. The summed E-state index contributed by atoms with van der Waals surface area (Å²) >= 11 is 0.950. The fourth-order valence-electron chi connectivity index (χ4n) is 2.26. The molecular formula is C16H13F3N4O3S2. The molecule has 1 amide bonds. The predicted molar refractivity (Wildman–Crippen MR) is 95.4 cm³/mol. The van der Waals surface area contributed by atoms with Crippen molar-refractivity contribution in [3.63, 3.8) is 0 Å². The summed E-state index contributed by atoms with van der Waals surface area (Å²) in [5.74, 6) is -0.423. The van der Waals surface area contributed by atoms with Gasteiger partial charge in [0.2, 0.25) is 10.0 Å².